The van der Waals surface area contributed by atoms with Crippen molar-refractivity contribution in [2.24, 2.45) is 5.73 Å². The highest BCUT2D eigenvalue weighted by atomic mass is 16.4. The van der Waals surface area contributed by atoms with Crippen LogP contribution in [-0.2, 0) is 5.54 Å². The van der Waals surface area contributed by atoms with E-state index >= 15 is 0 Å². The molecule has 0 aliphatic rings. The third-order valence-corrected chi connectivity index (χ3v) is 4.07. The van der Waals surface area contributed by atoms with Crippen LogP contribution in [0, 0.1) is 0 Å². The molecule has 5 nitrogen and oxygen atoms in total. The van der Waals surface area contributed by atoms with Gasteiger partial charge in [-0.3, -0.25) is 0 Å². The van der Waals surface area contributed by atoms with Gasteiger partial charge in [0.15, 0.2) is 0 Å². The molecule has 0 fully saturated rings. The molecule has 0 aliphatic carbocycles. The standard InChI is InChI=1S/C19H32N4O/c1-7-11-16(8-2)14-19(5,20)18-22-21-17(24-18)15(4)12-10-13-23(6)9-3/h7-8,11-12H,9-10,13-14,20H2,1-6H3. The molecular weight excluding hydrogens is 300 g/mol. The quantitative estimate of drug-likeness (QED) is 0.695. The van der Waals surface area contributed by atoms with E-state index in [9.17, 15) is 0 Å². The van der Waals surface area contributed by atoms with E-state index in [1.165, 1.54) is 0 Å². The number of rotatable bonds is 9. The lowest BCUT2D eigenvalue weighted by atomic mass is 9.93. The molecule has 1 unspecified atom stereocenters. The molecule has 2 N–H and O–H groups in total. The average Bonchev–Trinajstić information content (AvgIpc) is 3.05. The van der Waals surface area contributed by atoms with E-state index in [2.05, 4.69) is 47.3 Å². The first-order valence-corrected chi connectivity index (χ1v) is 8.60. The van der Waals surface area contributed by atoms with Crippen LogP contribution >= 0.6 is 0 Å². The summed E-state index contributed by atoms with van der Waals surface area (Å²) in [6.07, 6.45) is 9.85. The van der Waals surface area contributed by atoms with Gasteiger partial charge in [0.2, 0.25) is 11.8 Å². The van der Waals surface area contributed by atoms with Crippen molar-refractivity contribution in [2.45, 2.75) is 53.0 Å². The Morgan fingerprint density at radius 3 is 2.62 bits per heavy atom. The molecule has 0 radical (unpaired) electrons. The molecule has 5 heteroatoms. The highest BCUT2D eigenvalue weighted by Crippen LogP contribution is 2.26. The highest BCUT2D eigenvalue weighted by Gasteiger charge is 2.28. The first-order valence-electron chi connectivity index (χ1n) is 8.60. The fraction of sp³-hybridized carbons (Fsp3) is 0.579. The fourth-order valence-corrected chi connectivity index (χ4v) is 2.33. The maximum atomic E-state index is 6.42. The molecular formula is C19H32N4O. The zero-order valence-corrected chi connectivity index (χ0v) is 16.0. The predicted molar refractivity (Wildman–Crippen MR) is 100 cm³/mol. The number of nitrogens with two attached hydrogens (primary N) is 1. The van der Waals surface area contributed by atoms with E-state index in [1.807, 2.05) is 33.8 Å². The molecule has 1 aromatic heterocycles. The number of allylic oxidation sites excluding steroid dienone is 4. The van der Waals surface area contributed by atoms with Gasteiger partial charge < -0.3 is 15.1 Å². The van der Waals surface area contributed by atoms with E-state index in [1.54, 1.807) is 0 Å². The van der Waals surface area contributed by atoms with Gasteiger partial charge in [0.25, 0.3) is 0 Å². The summed E-state index contributed by atoms with van der Waals surface area (Å²) in [6, 6.07) is 0. The third kappa shape index (κ3) is 6.06. The van der Waals surface area contributed by atoms with Crippen LogP contribution in [-0.4, -0.2) is 35.2 Å². The first-order chi connectivity index (χ1) is 11.3. The van der Waals surface area contributed by atoms with Gasteiger partial charge in [0.1, 0.15) is 0 Å². The third-order valence-electron chi connectivity index (χ3n) is 4.07. The number of nitrogens with zero attached hydrogens (tertiary/aromatic N) is 3. The van der Waals surface area contributed by atoms with Crippen LogP contribution in [0.4, 0.5) is 0 Å². The second-order valence-electron chi connectivity index (χ2n) is 6.44. The minimum Gasteiger partial charge on any atom is -0.419 e. The van der Waals surface area contributed by atoms with Crippen molar-refractivity contribution in [2.75, 3.05) is 20.1 Å². The lowest BCUT2D eigenvalue weighted by Crippen LogP contribution is -2.33. The van der Waals surface area contributed by atoms with E-state index in [0.29, 0.717) is 18.2 Å². The zero-order chi connectivity index (χ0) is 18.2. The SMILES string of the molecule is CC=CC(=CC)CC(C)(N)c1nnc(C(C)=CCCN(C)CC)o1. The Balaban J connectivity index is 2.81. The van der Waals surface area contributed by atoms with E-state index in [-0.39, 0.29) is 0 Å². The fourth-order valence-electron chi connectivity index (χ4n) is 2.33. The summed E-state index contributed by atoms with van der Waals surface area (Å²) in [7, 11) is 2.11. The Hall–Kier alpha value is -1.72. The molecule has 0 spiro atoms. The molecule has 24 heavy (non-hydrogen) atoms. The Morgan fingerprint density at radius 2 is 2.04 bits per heavy atom. The van der Waals surface area contributed by atoms with Crippen LogP contribution in [0.2, 0.25) is 0 Å². The van der Waals surface area contributed by atoms with Crippen LogP contribution in [0.1, 0.15) is 59.2 Å². The summed E-state index contributed by atoms with van der Waals surface area (Å²) in [6.45, 7) is 12.1. The van der Waals surface area contributed by atoms with Crippen molar-refractivity contribution in [1.82, 2.24) is 15.1 Å². The van der Waals surface area contributed by atoms with Crippen LogP contribution in [0.25, 0.3) is 5.57 Å². The lowest BCUT2D eigenvalue weighted by molar-refractivity contribution is 0.347. The topological polar surface area (TPSA) is 68.2 Å². The van der Waals surface area contributed by atoms with Gasteiger partial charge in [-0.1, -0.05) is 36.8 Å². The van der Waals surface area contributed by atoms with E-state index in [4.69, 9.17) is 10.2 Å². The van der Waals surface area contributed by atoms with Crippen LogP contribution < -0.4 is 5.73 Å². The van der Waals surface area contributed by atoms with Gasteiger partial charge in [-0.2, -0.15) is 0 Å². The molecule has 0 bridgehead atoms. The summed E-state index contributed by atoms with van der Waals surface area (Å²) in [5.74, 6) is 1.02. The molecule has 134 valence electrons. The molecule has 0 aromatic carbocycles. The lowest BCUT2D eigenvalue weighted by Gasteiger charge is -2.20. The van der Waals surface area contributed by atoms with Crippen molar-refractivity contribution in [1.29, 1.82) is 0 Å². The molecule has 0 saturated carbocycles. The van der Waals surface area contributed by atoms with Crippen molar-refractivity contribution < 1.29 is 4.42 Å². The molecule has 1 atom stereocenters. The highest BCUT2D eigenvalue weighted by molar-refractivity contribution is 5.55. The maximum Gasteiger partial charge on any atom is 0.243 e. The smallest absolute Gasteiger partial charge is 0.243 e. The minimum absolute atomic E-state index is 0.472. The van der Waals surface area contributed by atoms with Crippen LogP contribution in [0.5, 0.6) is 0 Å². The minimum atomic E-state index is -0.685. The summed E-state index contributed by atoms with van der Waals surface area (Å²) in [5.41, 5.74) is 7.88. The Labute approximate surface area is 146 Å². The first kappa shape index (κ1) is 20.3. The Morgan fingerprint density at radius 1 is 1.33 bits per heavy atom. The van der Waals surface area contributed by atoms with Crippen LogP contribution in [0.15, 0.2) is 34.3 Å². The van der Waals surface area contributed by atoms with E-state index in [0.717, 1.165) is 30.7 Å². The molecule has 0 amide bonds. The summed E-state index contributed by atoms with van der Waals surface area (Å²) in [4.78, 5) is 2.26. The summed E-state index contributed by atoms with van der Waals surface area (Å²) < 4.78 is 5.84. The number of aromatic nitrogens is 2. The van der Waals surface area contributed by atoms with Gasteiger partial charge in [-0.25, -0.2) is 0 Å². The van der Waals surface area contributed by atoms with Crippen LogP contribution in [0.3, 0.4) is 0 Å². The maximum absolute atomic E-state index is 6.42. The Kier molecular flexibility index (Phi) is 8.08. The number of hydrogen-bond donors (Lipinski definition) is 1. The monoisotopic (exact) mass is 332 g/mol. The van der Waals surface area contributed by atoms with Gasteiger partial charge >= 0.3 is 0 Å². The molecule has 0 aliphatic heterocycles. The molecule has 1 rings (SSSR count). The predicted octanol–water partition coefficient (Wildman–Crippen LogP) is 3.90. The molecule has 0 saturated heterocycles. The van der Waals surface area contributed by atoms with Crippen molar-refractivity contribution in [3.63, 3.8) is 0 Å². The van der Waals surface area contributed by atoms with Crippen molar-refractivity contribution in [3.8, 4) is 0 Å². The zero-order valence-electron chi connectivity index (χ0n) is 16.0. The second kappa shape index (κ2) is 9.55. The van der Waals surface area contributed by atoms with Gasteiger partial charge in [-0.15, -0.1) is 10.2 Å². The summed E-state index contributed by atoms with van der Waals surface area (Å²) >= 11 is 0. The van der Waals surface area contributed by atoms with Gasteiger partial charge in [-0.05, 0) is 54.1 Å². The van der Waals surface area contributed by atoms with Gasteiger partial charge in [0, 0.05) is 12.1 Å². The van der Waals surface area contributed by atoms with Crippen molar-refractivity contribution in [3.05, 3.63) is 41.7 Å². The normalized spacial score (nSPS) is 16.2. The second-order valence-corrected chi connectivity index (χ2v) is 6.44. The average molecular weight is 332 g/mol. The molecule has 1 aromatic rings. The Bertz CT molecular complexity index is 596. The van der Waals surface area contributed by atoms with Crippen molar-refractivity contribution >= 4 is 5.57 Å². The number of hydrogen-bond acceptors (Lipinski definition) is 5. The summed E-state index contributed by atoms with van der Waals surface area (Å²) in [5, 5.41) is 8.33. The van der Waals surface area contributed by atoms with Gasteiger partial charge in [0.05, 0.1) is 5.54 Å². The van der Waals surface area contributed by atoms with E-state index < -0.39 is 5.54 Å². The largest absolute Gasteiger partial charge is 0.419 e. The molecule has 1 heterocycles.